The molecule has 1 aliphatic heterocycles. The van der Waals surface area contributed by atoms with E-state index in [0.717, 1.165) is 28.0 Å². The van der Waals surface area contributed by atoms with Gasteiger partial charge in [0.2, 0.25) is 0 Å². The first-order chi connectivity index (χ1) is 15.0. The van der Waals surface area contributed by atoms with Crippen LogP contribution >= 0.6 is 0 Å². The Morgan fingerprint density at radius 1 is 1.06 bits per heavy atom. The predicted molar refractivity (Wildman–Crippen MR) is 112 cm³/mol. The minimum Gasteiger partial charge on any atom is -0.406 e. The Labute approximate surface area is 181 Å². The molecule has 2 N–H and O–H groups in total. The fraction of sp³-hybridized carbons (Fsp3) is 0.227. The van der Waals surface area contributed by atoms with Crippen LogP contribution in [0.4, 0.5) is 29.3 Å². The molecule has 0 saturated carbocycles. The van der Waals surface area contributed by atoms with Gasteiger partial charge in [0.25, 0.3) is 5.91 Å². The van der Waals surface area contributed by atoms with Crippen LogP contribution in [0.15, 0.2) is 54.7 Å². The highest BCUT2D eigenvalue weighted by Crippen LogP contribution is 2.35. The number of hydrogen-bond donors (Lipinski definition) is 1. The number of fused-ring (bicyclic) bond motifs is 1. The van der Waals surface area contributed by atoms with Crippen LogP contribution in [0.5, 0.6) is 5.75 Å². The van der Waals surface area contributed by atoms with E-state index in [2.05, 4.69) is 9.72 Å². The van der Waals surface area contributed by atoms with Crippen molar-refractivity contribution in [3.8, 4) is 5.75 Å². The number of amides is 3. The lowest BCUT2D eigenvalue weighted by Gasteiger charge is -2.28. The molecule has 0 radical (unpaired) electrons. The summed E-state index contributed by atoms with van der Waals surface area (Å²) in [7, 11) is 0. The number of nitrogens with zero attached hydrogens (tertiary/aromatic N) is 3. The summed E-state index contributed by atoms with van der Waals surface area (Å²) in [6.07, 6.45) is -3.23. The number of alkyl halides is 3. The maximum Gasteiger partial charge on any atom is 0.573 e. The van der Waals surface area contributed by atoms with Crippen LogP contribution in [-0.2, 0) is 11.3 Å². The third-order valence-corrected chi connectivity index (χ3v) is 5.34. The molecule has 0 unspecified atom stereocenters. The van der Waals surface area contributed by atoms with Gasteiger partial charge in [0.05, 0.1) is 11.2 Å². The molecule has 7 nitrogen and oxygen atoms in total. The second-order valence-corrected chi connectivity index (χ2v) is 7.86. The van der Waals surface area contributed by atoms with E-state index in [4.69, 9.17) is 5.73 Å². The third kappa shape index (κ3) is 3.79. The largest absolute Gasteiger partial charge is 0.573 e. The monoisotopic (exact) mass is 444 g/mol. The lowest BCUT2D eigenvalue weighted by atomic mass is 10.0. The molecule has 10 heteroatoms. The molecule has 32 heavy (non-hydrogen) atoms. The Morgan fingerprint density at radius 2 is 1.75 bits per heavy atom. The molecular formula is C22H19F3N4O3. The van der Waals surface area contributed by atoms with Gasteiger partial charge in [-0.3, -0.25) is 9.78 Å². The minimum absolute atomic E-state index is 0.117. The molecule has 1 fully saturated rings. The Balaban J connectivity index is 1.65. The number of pyridine rings is 1. The predicted octanol–water partition coefficient (Wildman–Crippen LogP) is 4.46. The first-order valence-corrected chi connectivity index (χ1v) is 9.62. The summed E-state index contributed by atoms with van der Waals surface area (Å²) in [5.41, 5.74) is 6.86. The van der Waals surface area contributed by atoms with Gasteiger partial charge in [-0.05, 0) is 67.9 Å². The molecule has 0 bridgehead atoms. The Hall–Kier alpha value is -3.82. The Morgan fingerprint density at radius 3 is 2.41 bits per heavy atom. The number of nitrogens with two attached hydrogens (primary N) is 1. The number of rotatable bonds is 4. The van der Waals surface area contributed by atoms with E-state index in [9.17, 15) is 22.8 Å². The average Bonchev–Trinajstić information content (AvgIpc) is 2.87. The first kappa shape index (κ1) is 21.4. The standard InChI is InChI=1S/C22H19F3N4O3/c1-21(2)19(30)29(15-4-6-16(7-5-15)32-22(23,24)25)20(31)28(21)12-13-9-10-27-18-8-3-14(26)11-17(13)18/h3-11H,12,26H2,1-2H3. The van der Waals surface area contributed by atoms with E-state index in [-0.39, 0.29) is 12.2 Å². The zero-order valence-electron chi connectivity index (χ0n) is 17.2. The second-order valence-electron chi connectivity index (χ2n) is 7.86. The molecule has 4 rings (SSSR count). The zero-order chi connectivity index (χ0) is 23.3. The number of hydrogen-bond acceptors (Lipinski definition) is 5. The Kier molecular flexibility index (Phi) is 4.95. The van der Waals surface area contributed by atoms with Crippen molar-refractivity contribution in [1.82, 2.24) is 9.88 Å². The highest BCUT2D eigenvalue weighted by molar-refractivity contribution is 6.23. The van der Waals surface area contributed by atoms with Crippen molar-refractivity contribution in [2.75, 3.05) is 10.6 Å². The van der Waals surface area contributed by atoms with Gasteiger partial charge in [-0.1, -0.05) is 0 Å². The fourth-order valence-corrected chi connectivity index (χ4v) is 3.65. The highest BCUT2D eigenvalue weighted by Gasteiger charge is 2.51. The topological polar surface area (TPSA) is 88.8 Å². The molecule has 1 aromatic heterocycles. The number of halogens is 3. The molecule has 0 atom stereocenters. The number of urea groups is 1. The number of anilines is 2. The van der Waals surface area contributed by atoms with Crippen molar-refractivity contribution < 1.29 is 27.5 Å². The first-order valence-electron chi connectivity index (χ1n) is 9.62. The molecule has 0 spiro atoms. The van der Waals surface area contributed by atoms with Gasteiger partial charge in [0.1, 0.15) is 11.3 Å². The van der Waals surface area contributed by atoms with Crippen LogP contribution in [0.25, 0.3) is 10.9 Å². The SMILES string of the molecule is CC1(C)C(=O)N(c2ccc(OC(F)(F)F)cc2)C(=O)N1Cc1ccnc2ccc(N)cc12. The van der Waals surface area contributed by atoms with Crippen LogP contribution in [0.1, 0.15) is 19.4 Å². The molecule has 3 aromatic rings. The van der Waals surface area contributed by atoms with Crippen molar-refractivity contribution in [3.05, 3.63) is 60.3 Å². The number of imide groups is 1. The van der Waals surface area contributed by atoms with Crippen LogP contribution < -0.4 is 15.4 Å². The van der Waals surface area contributed by atoms with Crippen LogP contribution in [-0.4, -0.2) is 33.7 Å². The average molecular weight is 444 g/mol. The summed E-state index contributed by atoms with van der Waals surface area (Å²) in [6, 6.07) is 11.0. The smallest absolute Gasteiger partial charge is 0.406 e. The second kappa shape index (κ2) is 7.40. The van der Waals surface area contributed by atoms with Gasteiger partial charge in [-0.25, -0.2) is 9.69 Å². The summed E-state index contributed by atoms with van der Waals surface area (Å²) in [5.74, 6) is -0.942. The van der Waals surface area contributed by atoms with Gasteiger partial charge in [0.15, 0.2) is 0 Å². The maximum atomic E-state index is 13.2. The van der Waals surface area contributed by atoms with Gasteiger partial charge in [-0.15, -0.1) is 13.2 Å². The maximum absolute atomic E-state index is 13.2. The Bertz CT molecular complexity index is 1210. The van der Waals surface area contributed by atoms with Gasteiger partial charge in [-0.2, -0.15) is 0 Å². The van der Waals surface area contributed by atoms with E-state index in [0.29, 0.717) is 11.2 Å². The van der Waals surface area contributed by atoms with E-state index < -0.39 is 29.6 Å². The molecule has 2 aromatic carbocycles. The molecule has 3 amide bonds. The van der Waals surface area contributed by atoms with Crippen LogP contribution in [0.2, 0.25) is 0 Å². The molecule has 166 valence electrons. The van der Waals surface area contributed by atoms with E-state index in [1.165, 1.54) is 17.0 Å². The van der Waals surface area contributed by atoms with Gasteiger partial charge < -0.3 is 15.4 Å². The molecule has 1 saturated heterocycles. The number of ether oxygens (including phenoxy) is 1. The van der Waals surface area contributed by atoms with Crippen LogP contribution in [0, 0.1) is 0 Å². The fourth-order valence-electron chi connectivity index (χ4n) is 3.65. The number of aromatic nitrogens is 1. The van der Waals surface area contributed by atoms with Crippen molar-refractivity contribution in [3.63, 3.8) is 0 Å². The zero-order valence-corrected chi connectivity index (χ0v) is 17.2. The third-order valence-electron chi connectivity index (χ3n) is 5.34. The number of benzene rings is 2. The molecule has 1 aliphatic rings. The summed E-state index contributed by atoms with van der Waals surface area (Å²) in [6.45, 7) is 3.35. The quantitative estimate of drug-likeness (QED) is 0.474. The number of nitrogen functional groups attached to an aromatic ring is 1. The van der Waals surface area contributed by atoms with Gasteiger partial charge >= 0.3 is 12.4 Å². The van der Waals surface area contributed by atoms with Crippen molar-refractivity contribution in [1.29, 1.82) is 0 Å². The van der Waals surface area contributed by atoms with E-state index >= 15 is 0 Å². The molecule has 0 aliphatic carbocycles. The molecular weight excluding hydrogens is 425 g/mol. The number of carbonyl (C=O) groups is 2. The highest BCUT2D eigenvalue weighted by atomic mass is 19.4. The summed E-state index contributed by atoms with van der Waals surface area (Å²) < 4.78 is 41.1. The minimum atomic E-state index is -4.84. The summed E-state index contributed by atoms with van der Waals surface area (Å²) in [4.78, 5) is 33.0. The van der Waals surface area contributed by atoms with Crippen LogP contribution in [0.3, 0.4) is 0 Å². The van der Waals surface area contributed by atoms with E-state index in [1.807, 2.05) is 0 Å². The number of carbonyl (C=O) groups excluding carboxylic acids is 2. The summed E-state index contributed by atoms with van der Waals surface area (Å²) >= 11 is 0. The molecule has 2 heterocycles. The lowest BCUT2D eigenvalue weighted by Crippen LogP contribution is -2.43. The summed E-state index contributed by atoms with van der Waals surface area (Å²) in [5, 5.41) is 0.760. The van der Waals surface area contributed by atoms with Gasteiger partial charge in [0, 0.05) is 23.8 Å². The van der Waals surface area contributed by atoms with Crippen molar-refractivity contribution >= 4 is 34.2 Å². The van der Waals surface area contributed by atoms with E-state index in [1.54, 1.807) is 44.3 Å². The van der Waals surface area contributed by atoms with Crippen molar-refractivity contribution in [2.45, 2.75) is 32.3 Å². The van der Waals surface area contributed by atoms with Crippen molar-refractivity contribution in [2.24, 2.45) is 0 Å². The normalized spacial score (nSPS) is 16.2. The lowest BCUT2D eigenvalue weighted by molar-refractivity contribution is -0.274.